The minimum Gasteiger partial charge on any atom is -0.293 e. The van der Waals surface area contributed by atoms with Crippen molar-refractivity contribution >= 4 is 46.6 Å². The van der Waals surface area contributed by atoms with Gasteiger partial charge in [0.15, 0.2) is 5.78 Å². The summed E-state index contributed by atoms with van der Waals surface area (Å²) in [6, 6.07) is 1.81. The predicted octanol–water partition coefficient (Wildman–Crippen LogP) is 2.16. The lowest BCUT2D eigenvalue weighted by Crippen LogP contribution is -2.44. The van der Waals surface area contributed by atoms with Crippen LogP contribution in [0.25, 0.3) is 0 Å². The molecular formula is C11H10N2O2S3. The van der Waals surface area contributed by atoms with Gasteiger partial charge in [0.25, 0.3) is 0 Å². The second kappa shape index (κ2) is 4.99. The third-order valence-electron chi connectivity index (χ3n) is 2.71. The van der Waals surface area contributed by atoms with Gasteiger partial charge in [-0.25, -0.2) is 0 Å². The Kier molecular flexibility index (Phi) is 3.36. The fourth-order valence-electron chi connectivity index (χ4n) is 1.78. The van der Waals surface area contributed by atoms with E-state index >= 15 is 0 Å². The van der Waals surface area contributed by atoms with E-state index in [4.69, 9.17) is 0 Å². The first-order chi connectivity index (χ1) is 8.75. The molecule has 1 aromatic rings. The first-order valence-corrected chi connectivity index (χ1v) is 8.27. The predicted molar refractivity (Wildman–Crippen MR) is 74.4 cm³/mol. The molecule has 94 valence electrons. The first-order valence-electron chi connectivity index (χ1n) is 5.35. The van der Waals surface area contributed by atoms with Crippen LogP contribution in [0.3, 0.4) is 0 Å². The zero-order valence-electron chi connectivity index (χ0n) is 9.29. The molecule has 1 aromatic heterocycles. The van der Waals surface area contributed by atoms with Crippen LogP contribution in [0.15, 0.2) is 27.3 Å². The number of Topliss-reactive ketones (excluding diaryl/α,β-unsaturated/α-hetero) is 1. The molecule has 7 heteroatoms. The molecule has 1 amide bonds. The number of hydrogen-bond donors (Lipinski definition) is 1. The van der Waals surface area contributed by atoms with E-state index in [-0.39, 0.29) is 11.7 Å². The van der Waals surface area contributed by atoms with Gasteiger partial charge in [-0.15, -0.1) is 34.9 Å². The highest BCUT2D eigenvalue weighted by Gasteiger charge is 2.34. The molecule has 0 aromatic carbocycles. The van der Waals surface area contributed by atoms with Crippen molar-refractivity contribution in [3.63, 3.8) is 0 Å². The van der Waals surface area contributed by atoms with Crippen molar-refractivity contribution in [2.24, 2.45) is 5.92 Å². The van der Waals surface area contributed by atoms with Crippen LogP contribution < -0.4 is 5.43 Å². The summed E-state index contributed by atoms with van der Waals surface area (Å²) in [4.78, 5) is 24.3. The third kappa shape index (κ3) is 2.17. The van der Waals surface area contributed by atoms with E-state index in [1.165, 1.54) is 0 Å². The maximum atomic E-state index is 12.2. The molecule has 2 aliphatic heterocycles. The molecule has 4 nitrogen and oxygen atoms in total. The van der Waals surface area contributed by atoms with Gasteiger partial charge in [0.1, 0.15) is 5.92 Å². The first kappa shape index (κ1) is 12.1. The Balaban J connectivity index is 1.72. The van der Waals surface area contributed by atoms with Crippen LogP contribution >= 0.6 is 34.9 Å². The average molecular weight is 298 g/mol. The number of ketones is 1. The van der Waals surface area contributed by atoms with Crippen molar-refractivity contribution in [1.29, 1.82) is 0 Å². The monoisotopic (exact) mass is 298 g/mol. The number of nitrogens with zero attached hydrogens (tertiary/aromatic N) is 1. The quantitative estimate of drug-likeness (QED) is 0.848. The number of hydrogen-bond acceptors (Lipinski definition) is 6. The Morgan fingerprint density at radius 2 is 2.39 bits per heavy atom. The normalized spacial score (nSPS) is 22.1. The summed E-state index contributed by atoms with van der Waals surface area (Å²) in [5.74, 6) is 0.387. The molecule has 0 radical (unpaired) electrons. The molecule has 1 N–H and O–H groups in total. The van der Waals surface area contributed by atoms with Crippen molar-refractivity contribution in [3.8, 4) is 0 Å². The van der Waals surface area contributed by atoms with E-state index in [1.54, 1.807) is 52.1 Å². The van der Waals surface area contributed by atoms with Crippen LogP contribution in [-0.2, 0) is 4.79 Å². The molecular weight excluding hydrogens is 288 g/mol. The van der Waals surface area contributed by atoms with Gasteiger partial charge in [0, 0.05) is 17.5 Å². The number of carbonyl (C=O) groups is 2. The summed E-state index contributed by atoms with van der Waals surface area (Å²) in [5, 5.41) is 5.51. The van der Waals surface area contributed by atoms with Crippen LogP contribution in [-0.4, -0.2) is 28.3 Å². The number of hydrazine groups is 1. The molecule has 1 atom stereocenters. The minimum atomic E-state index is -0.573. The van der Waals surface area contributed by atoms with E-state index in [2.05, 4.69) is 5.43 Å². The van der Waals surface area contributed by atoms with Gasteiger partial charge in [-0.3, -0.25) is 20.0 Å². The molecule has 2 aliphatic rings. The molecule has 0 spiro atoms. The number of carbonyl (C=O) groups excluding carboxylic acids is 2. The fourth-order valence-corrected chi connectivity index (χ4v) is 4.62. The maximum Gasteiger partial charge on any atom is 0.250 e. The van der Waals surface area contributed by atoms with Gasteiger partial charge in [0.2, 0.25) is 5.91 Å². The highest BCUT2D eigenvalue weighted by atomic mass is 32.2. The number of amides is 1. The van der Waals surface area contributed by atoms with E-state index in [0.29, 0.717) is 17.2 Å². The van der Waals surface area contributed by atoms with Gasteiger partial charge in [-0.05, 0) is 16.9 Å². The standard InChI is InChI=1S/C11H10N2O2S3/c14-9-7-1-3-17-11(7)18-5-8(9)10(15)12-13-2-4-16-6-13/h1-4,8H,5-6H2,(H,12,15). The van der Waals surface area contributed by atoms with Crippen molar-refractivity contribution < 1.29 is 9.59 Å². The fraction of sp³-hybridized carbons (Fsp3) is 0.273. The Hall–Kier alpha value is -0.920. The summed E-state index contributed by atoms with van der Waals surface area (Å²) >= 11 is 4.75. The second-order valence-corrected chi connectivity index (χ2v) is 6.94. The zero-order chi connectivity index (χ0) is 12.5. The molecule has 1 unspecified atom stereocenters. The van der Waals surface area contributed by atoms with E-state index in [0.717, 1.165) is 4.21 Å². The summed E-state index contributed by atoms with van der Waals surface area (Å²) in [5.41, 5.74) is 3.45. The van der Waals surface area contributed by atoms with Crippen LogP contribution in [0.4, 0.5) is 0 Å². The number of fused-ring (bicyclic) bond motifs is 1. The molecule has 3 rings (SSSR count). The summed E-state index contributed by atoms with van der Waals surface area (Å²) in [7, 11) is 0. The van der Waals surface area contributed by atoms with Gasteiger partial charge < -0.3 is 0 Å². The largest absolute Gasteiger partial charge is 0.293 e. The molecule has 18 heavy (non-hydrogen) atoms. The van der Waals surface area contributed by atoms with Crippen molar-refractivity contribution in [2.45, 2.75) is 4.21 Å². The lowest BCUT2D eigenvalue weighted by Gasteiger charge is -2.23. The highest BCUT2D eigenvalue weighted by molar-refractivity contribution is 8.02. The summed E-state index contributed by atoms with van der Waals surface area (Å²) in [6.45, 7) is 0. The number of rotatable bonds is 2. The zero-order valence-corrected chi connectivity index (χ0v) is 11.7. The molecule has 0 saturated carbocycles. The van der Waals surface area contributed by atoms with Crippen LogP contribution in [0.2, 0.25) is 0 Å². The summed E-state index contributed by atoms with van der Waals surface area (Å²) < 4.78 is 1.03. The van der Waals surface area contributed by atoms with Crippen LogP contribution in [0, 0.1) is 5.92 Å². The minimum absolute atomic E-state index is 0.0571. The SMILES string of the molecule is O=C(NN1C=CSC1)C1CSc2sccc2C1=O. The van der Waals surface area contributed by atoms with Crippen molar-refractivity contribution in [2.75, 3.05) is 11.6 Å². The average Bonchev–Trinajstić information content (AvgIpc) is 2.99. The number of thiophene rings is 1. The smallest absolute Gasteiger partial charge is 0.250 e. The number of thioether (sulfide) groups is 2. The summed E-state index contributed by atoms with van der Waals surface area (Å²) in [6.07, 6.45) is 1.80. The van der Waals surface area contributed by atoms with E-state index in [1.807, 2.05) is 10.8 Å². The Bertz CT molecular complexity index is 526. The van der Waals surface area contributed by atoms with Crippen LogP contribution in [0.5, 0.6) is 0 Å². The highest BCUT2D eigenvalue weighted by Crippen LogP contribution is 2.37. The Morgan fingerprint density at radius 1 is 1.50 bits per heavy atom. The molecule has 0 aliphatic carbocycles. The van der Waals surface area contributed by atoms with Gasteiger partial charge in [-0.2, -0.15) is 0 Å². The molecule has 3 heterocycles. The van der Waals surface area contributed by atoms with E-state index in [9.17, 15) is 9.59 Å². The van der Waals surface area contributed by atoms with Crippen LogP contribution in [0.1, 0.15) is 10.4 Å². The van der Waals surface area contributed by atoms with Crippen molar-refractivity contribution in [3.05, 3.63) is 28.6 Å². The topological polar surface area (TPSA) is 49.4 Å². The maximum absolute atomic E-state index is 12.2. The van der Waals surface area contributed by atoms with Gasteiger partial charge in [0.05, 0.1) is 10.1 Å². The van der Waals surface area contributed by atoms with Gasteiger partial charge >= 0.3 is 0 Å². The second-order valence-electron chi connectivity index (χ2n) is 3.88. The molecule has 0 bridgehead atoms. The van der Waals surface area contributed by atoms with Gasteiger partial charge in [-0.1, -0.05) is 0 Å². The molecule has 0 saturated heterocycles. The Morgan fingerprint density at radius 3 is 3.17 bits per heavy atom. The Labute approximate surface area is 117 Å². The van der Waals surface area contributed by atoms with Crippen molar-refractivity contribution in [1.82, 2.24) is 10.4 Å². The third-order valence-corrected chi connectivity index (χ3v) is 5.79. The molecule has 0 fully saturated rings. The van der Waals surface area contributed by atoms with E-state index < -0.39 is 5.92 Å². The lowest BCUT2D eigenvalue weighted by molar-refractivity contribution is -0.126. The lowest BCUT2D eigenvalue weighted by atomic mass is 10.0. The number of nitrogens with one attached hydrogen (secondary N) is 1.